The molecule has 1 N–H and O–H groups in total. The van der Waals surface area contributed by atoms with Crippen LogP contribution in [-0.2, 0) is 4.79 Å². The summed E-state index contributed by atoms with van der Waals surface area (Å²) in [5, 5.41) is 9.29. The molecule has 0 saturated carbocycles. The van der Waals surface area contributed by atoms with Crippen LogP contribution >= 0.6 is 23.2 Å². The van der Waals surface area contributed by atoms with Crippen molar-refractivity contribution in [3.63, 3.8) is 0 Å². The van der Waals surface area contributed by atoms with Crippen molar-refractivity contribution in [2.75, 3.05) is 13.1 Å². The Labute approximate surface area is 120 Å². The summed E-state index contributed by atoms with van der Waals surface area (Å²) in [7, 11) is 0. The molecule has 5 nitrogen and oxygen atoms in total. The van der Waals surface area contributed by atoms with Gasteiger partial charge in [-0.2, -0.15) is 0 Å². The van der Waals surface area contributed by atoms with Crippen LogP contribution in [0.4, 0.5) is 0 Å². The number of piperidine rings is 1. The predicted molar refractivity (Wildman–Crippen MR) is 70.5 cm³/mol. The predicted octanol–water partition coefficient (Wildman–Crippen LogP) is 2.33. The summed E-state index contributed by atoms with van der Waals surface area (Å²) in [5.41, 5.74) is 0.330. The number of nitrogens with zero attached hydrogens (tertiary/aromatic N) is 2. The minimum atomic E-state index is -0.872. The second kappa shape index (κ2) is 5.75. The van der Waals surface area contributed by atoms with Gasteiger partial charge in [-0.1, -0.05) is 23.2 Å². The first-order valence-electron chi connectivity index (χ1n) is 5.82. The molecule has 19 heavy (non-hydrogen) atoms. The summed E-state index contributed by atoms with van der Waals surface area (Å²) in [6.07, 6.45) is 1.27. The maximum absolute atomic E-state index is 12.3. The number of aromatic nitrogens is 1. The van der Waals surface area contributed by atoms with Crippen molar-refractivity contribution in [3.8, 4) is 0 Å². The largest absolute Gasteiger partial charge is 0.481 e. The maximum Gasteiger partial charge on any atom is 0.308 e. The lowest BCUT2D eigenvalue weighted by atomic mass is 9.98. The van der Waals surface area contributed by atoms with E-state index in [1.165, 1.54) is 17.0 Å². The highest BCUT2D eigenvalue weighted by Gasteiger charge is 2.28. The zero-order valence-electron chi connectivity index (χ0n) is 9.97. The highest BCUT2D eigenvalue weighted by atomic mass is 35.5. The van der Waals surface area contributed by atoms with Crippen LogP contribution in [0.5, 0.6) is 0 Å². The molecule has 1 amide bonds. The third kappa shape index (κ3) is 3.36. The fourth-order valence-electron chi connectivity index (χ4n) is 2.13. The van der Waals surface area contributed by atoms with Crippen molar-refractivity contribution in [1.82, 2.24) is 9.88 Å². The van der Waals surface area contributed by atoms with Crippen LogP contribution in [0.1, 0.15) is 23.2 Å². The quantitative estimate of drug-likeness (QED) is 0.851. The molecule has 1 aromatic heterocycles. The third-order valence-electron chi connectivity index (χ3n) is 3.07. The van der Waals surface area contributed by atoms with Crippen molar-refractivity contribution in [2.45, 2.75) is 12.8 Å². The van der Waals surface area contributed by atoms with Gasteiger partial charge in [0.05, 0.1) is 5.92 Å². The SMILES string of the molecule is O=C(O)[C@@H]1CCCN(C(=O)c2cc(Cl)nc(Cl)c2)C1. The number of carboxylic acid groups (broad SMARTS) is 1. The van der Waals surface area contributed by atoms with Gasteiger partial charge in [0.25, 0.3) is 5.91 Å². The van der Waals surface area contributed by atoms with Crippen molar-refractivity contribution < 1.29 is 14.7 Å². The summed E-state index contributed by atoms with van der Waals surface area (Å²) in [6, 6.07) is 2.86. The zero-order chi connectivity index (χ0) is 14.0. The topological polar surface area (TPSA) is 70.5 Å². The Bertz CT molecular complexity index is 501. The molecule has 1 fully saturated rings. The van der Waals surface area contributed by atoms with Gasteiger partial charge in [0.1, 0.15) is 10.3 Å². The Kier molecular flexibility index (Phi) is 4.27. The molecule has 1 atom stereocenters. The van der Waals surface area contributed by atoms with Gasteiger partial charge < -0.3 is 10.0 Å². The van der Waals surface area contributed by atoms with E-state index in [-0.39, 0.29) is 22.8 Å². The van der Waals surface area contributed by atoms with Gasteiger partial charge in [-0.05, 0) is 25.0 Å². The molecule has 2 rings (SSSR count). The Balaban J connectivity index is 2.16. The number of hydrogen-bond acceptors (Lipinski definition) is 3. The van der Waals surface area contributed by atoms with Gasteiger partial charge >= 0.3 is 5.97 Å². The number of amides is 1. The summed E-state index contributed by atoms with van der Waals surface area (Å²) in [4.78, 5) is 28.5. The van der Waals surface area contributed by atoms with Crippen LogP contribution in [0.25, 0.3) is 0 Å². The molecule has 0 unspecified atom stereocenters. The first-order valence-corrected chi connectivity index (χ1v) is 6.58. The van der Waals surface area contributed by atoms with E-state index in [2.05, 4.69) is 4.98 Å². The van der Waals surface area contributed by atoms with Crippen LogP contribution in [0.3, 0.4) is 0 Å². The average molecular weight is 303 g/mol. The van der Waals surface area contributed by atoms with Crippen LogP contribution in [0, 0.1) is 5.92 Å². The van der Waals surface area contributed by atoms with Crippen molar-refractivity contribution in [1.29, 1.82) is 0 Å². The van der Waals surface area contributed by atoms with E-state index < -0.39 is 11.9 Å². The lowest BCUT2D eigenvalue weighted by Gasteiger charge is -2.30. The first-order chi connectivity index (χ1) is 8.97. The minimum absolute atomic E-state index is 0.141. The maximum atomic E-state index is 12.3. The number of halogens is 2. The fraction of sp³-hybridized carbons (Fsp3) is 0.417. The first kappa shape index (κ1) is 14.1. The molecular formula is C12H12Cl2N2O3. The van der Waals surface area contributed by atoms with Crippen LogP contribution in [0.2, 0.25) is 10.3 Å². The Hall–Kier alpha value is -1.33. The molecule has 2 heterocycles. The zero-order valence-corrected chi connectivity index (χ0v) is 11.5. The Morgan fingerprint density at radius 1 is 1.32 bits per heavy atom. The Morgan fingerprint density at radius 2 is 1.95 bits per heavy atom. The van der Waals surface area contributed by atoms with Crippen molar-refractivity contribution >= 4 is 35.1 Å². The molecular weight excluding hydrogens is 291 g/mol. The number of pyridine rings is 1. The summed E-state index contributed by atoms with van der Waals surface area (Å²) in [6.45, 7) is 0.756. The molecule has 1 aliphatic heterocycles. The standard InChI is InChI=1S/C12H12Cl2N2O3/c13-9-4-8(5-10(14)15-9)11(17)16-3-1-2-7(6-16)12(18)19/h4-5,7H,1-3,6H2,(H,18,19)/t7-/m1/s1. The van der Waals surface area contributed by atoms with Crippen molar-refractivity contribution in [3.05, 3.63) is 28.0 Å². The van der Waals surface area contributed by atoms with E-state index >= 15 is 0 Å². The third-order valence-corrected chi connectivity index (χ3v) is 3.45. The number of carbonyl (C=O) groups is 2. The van der Waals surface area contributed by atoms with E-state index in [4.69, 9.17) is 28.3 Å². The number of aliphatic carboxylic acids is 1. The summed E-state index contributed by atoms with van der Waals surface area (Å²) >= 11 is 11.5. The number of rotatable bonds is 2. The van der Waals surface area contributed by atoms with E-state index in [1.807, 2.05) is 0 Å². The molecule has 0 aliphatic carbocycles. The highest BCUT2D eigenvalue weighted by molar-refractivity contribution is 6.33. The molecule has 102 valence electrons. The molecule has 0 aromatic carbocycles. The number of likely N-dealkylation sites (tertiary alicyclic amines) is 1. The van der Waals surface area contributed by atoms with E-state index in [0.717, 1.165) is 0 Å². The van der Waals surface area contributed by atoms with E-state index in [0.29, 0.717) is 24.9 Å². The molecule has 0 radical (unpaired) electrons. The van der Waals surface area contributed by atoms with Crippen LogP contribution < -0.4 is 0 Å². The van der Waals surface area contributed by atoms with Crippen molar-refractivity contribution in [2.24, 2.45) is 5.92 Å². The molecule has 1 aromatic rings. The number of carboxylic acids is 1. The highest BCUT2D eigenvalue weighted by Crippen LogP contribution is 2.21. The summed E-state index contributed by atoms with van der Waals surface area (Å²) in [5.74, 6) is -1.65. The second-order valence-corrected chi connectivity index (χ2v) is 5.20. The summed E-state index contributed by atoms with van der Waals surface area (Å²) < 4.78 is 0. The van der Waals surface area contributed by atoms with Gasteiger partial charge in [-0.3, -0.25) is 9.59 Å². The molecule has 1 saturated heterocycles. The second-order valence-electron chi connectivity index (χ2n) is 4.43. The smallest absolute Gasteiger partial charge is 0.308 e. The molecule has 7 heteroatoms. The van der Waals surface area contributed by atoms with Gasteiger partial charge in [0.2, 0.25) is 0 Å². The lowest BCUT2D eigenvalue weighted by Crippen LogP contribution is -2.42. The van der Waals surface area contributed by atoms with Gasteiger partial charge in [-0.25, -0.2) is 4.98 Å². The van der Waals surface area contributed by atoms with Gasteiger partial charge in [0, 0.05) is 18.7 Å². The molecule has 0 bridgehead atoms. The van der Waals surface area contributed by atoms with E-state index in [1.54, 1.807) is 0 Å². The molecule has 0 spiro atoms. The minimum Gasteiger partial charge on any atom is -0.481 e. The monoisotopic (exact) mass is 302 g/mol. The van der Waals surface area contributed by atoms with Crippen LogP contribution in [-0.4, -0.2) is 40.0 Å². The average Bonchev–Trinajstić information content (AvgIpc) is 2.37. The fourth-order valence-corrected chi connectivity index (χ4v) is 2.59. The van der Waals surface area contributed by atoms with E-state index in [9.17, 15) is 9.59 Å². The normalized spacial score (nSPS) is 19.3. The van der Waals surface area contributed by atoms with Gasteiger partial charge in [0.15, 0.2) is 0 Å². The molecule has 1 aliphatic rings. The number of hydrogen-bond donors (Lipinski definition) is 1. The Morgan fingerprint density at radius 3 is 2.53 bits per heavy atom. The van der Waals surface area contributed by atoms with Gasteiger partial charge in [-0.15, -0.1) is 0 Å². The van der Waals surface area contributed by atoms with Crippen LogP contribution in [0.15, 0.2) is 12.1 Å². The number of carbonyl (C=O) groups excluding carboxylic acids is 1. The lowest BCUT2D eigenvalue weighted by molar-refractivity contribution is -0.143.